The number of oxazole rings is 1. The van der Waals surface area contributed by atoms with E-state index in [4.69, 9.17) is 18.6 Å². The van der Waals surface area contributed by atoms with E-state index in [0.29, 0.717) is 56.1 Å². The first-order chi connectivity index (χ1) is 16.4. The van der Waals surface area contributed by atoms with Crippen LogP contribution < -0.4 is 10.5 Å². The number of benzene rings is 2. The van der Waals surface area contributed by atoms with Crippen LogP contribution >= 0.6 is 0 Å². The smallest absolute Gasteiger partial charge is 0.419 e. The van der Waals surface area contributed by atoms with Crippen LogP contribution in [0.1, 0.15) is 12.8 Å². The van der Waals surface area contributed by atoms with Gasteiger partial charge in [0.05, 0.1) is 23.6 Å². The van der Waals surface area contributed by atoms with Gasteiger partial charge in [-0.15, -0.1) is 0 Å². The summed E-state index contributed by atoms with van der Waals surface area (Å²) in [6.07, 6.45) is 0.586. The Balaban J connectivity index is 1.17. The van der Waals surface area contributed by atoms with E-state index in [1.807, 2.05) is 6.07 Å². The lowest BCUT2D eigenvalue weighted by Crippen LogP contribution is -2.40. The van der Waals surface area contributed by atoms with Crippen molar-refractivity contribution in [3.8, 4) is 5.75 Å². The Kier molecular flexibility index (Phi) is 7.66. The maximum absolute atomic E-state index is 12.6. The number of aryl methyl sites for hydroxylation is 1. The fraction of sp³-hybridized carbons (Fsp3) is 0.391. The Morgan fingerprint density at radius 3 is 2.50 bits per heavy atom. The van der Waals surface area contributed by atoms with E-state index >= 15 is 0 Å². The van der Waals surface area contributed by atoms with E-state index < -0.39 is 21.7 Å². The summed E-state index contributed by atoms with van der Waals surface area (Å²) in [6.45, 7) is 1.98. The lowest BCUT2D eigenvalue weighted by molar-refractivity contribution is -0.144. The molecule has 0 amide bonds. The zero-order chi connectivity index (χ0) is 24.0. The third-order valence-corrected chi connectivity index (χ3v) is 7.30. The number of esters is 1. The summed E-state index contributed by atoms with van der Waals surface area (Å²) >= 11 is 0. The molecule has 1 fully saturated rings. The van der Waals surface area contributed by atoms with Crippen molar-refractivity contribution in [3.05, 3.63) is 59.1 Å². The van der Waals surface area contributed by atoms with E-state index in [2.05, 4.69) is 0 Å². The van der Waals surface area contributed by atoms with Crippen LogP contribution in [0.2, 0.25) is 0 Å². The van der Waals surface area contributed by atoms with Gasteiger partial charge in [-0.3, -0.25) is 9.36 Å². The molecule has 1 aliphatic rings. The summed E-state index contributed by atoms with van der Waals surface area (Å²) in [5.41, 5.74) is 1.21. The highest BCUT2D eigenvalue weighted by Crippen LogP contribution is 2.20. The van der Waals surface area contributed by atoms with Crippen molar-refractivity contribution in [2.24, 2.45) is 0 Å². The molecule has 0 bridgehead atoms. The number of sulfonamides is 1. The lowest BCUT2D eigenvalue weighted by Gasteiger charge is -2.26. The van der Waals surface area contributed by atoms with Crippen molar-refractivity contribution in [2.45, 2.75) is 24.3 Å². The van der Waals surface area contributed by atoms with Gasteiger partial charge in [0.25, 0.3) is 0 Å². The molecule has 1 aliphatic heterocycles. The first-order valence-corrected chi connectivity index (χ1v) is 12.4. The lowest BCUT2D eigenvalue weighted by atomic mass is 10.3. The van der Waals surface area contributed by atoms with Gasteiger partial charge >= 0.3 is 11.7 Å². The Hall–Kier alpha value is -3.15. The molecule has 0 aliphatic carbocycles. The molecule has 2 aromatic carbocycles. The fourth-order valence-corrected chi connectivity index (χ4v) is 5.05. The first kappa shape index (κ1) is 24.0. The summed E-state index contributed by atoms with van der Waals surface area (Å²) in [4.78, 5) is 24.1. The molecule has 1 aromatic heterocycles. The first-order valence-electron chi connectivity index (χ1n) is 11.0. The van der Waals surface area contributed by atoms with Crippen LogP contribution in [0.15, 0.2) is 62.6 Å². The van der Waals surface area contributed by atoms with Gasteiger partial charge in [-0.05, 0) is 42.8 Å². The van der Waals surface area contributed by atoms with Crippen LogP contribution in [0.4, 0.5) is 0 Å². The van der Waals surface area contributed by atoms with Gasteiger partial charge in [0, 0.05) is 26.1 Å². The second-order valence-corrected chi connectivity index (χ2v) is 9.59. The van der Waals surface area contributed by atoms with Crippen molar-refractivity contribution in [1.82, 2.24) is 8.87 Å². The van der Waals surface area contributed by atoms with Crippen LogP contribution in [0.25, 0.3) is 11.1 Å². The van der Waals surface area contributed by atoms with E-state index in [-0.39, 0.29) is 24.5 Å². The molecule has 2 heterocycles. The second kappa shape index (κ2) is 10.9. The van der Waals surface area contributed by atoms with E-state index in [0.717, 1.165) is 0 Å². The quantitative estimate of drug-likeness (QED) is 0.313. The number of carbonyl (C=O) groups excluding carboxylic acids is 1. The minimum Gasteiger partial charge on any atom is -0.490 e. The number of fused-ring (bicyclic) bond motifs is 1. The second-order valence-electron chi connectivity index (χ2n) is 7.65. The Morgan fingerprint density at radius 2 is 1.74 bits per heavy atom. The molecule has 11 heteroatoms. The molecule has 4 rings (SSSR count). The number of rotatable bonds is 10. The van der Waals surface area contributed by atoms with Crippen LogP contribution in [0, 0.1) is 0 Å². The maximum Gasteiger partial charge on any atom is 0.419 e. The van der Waals surface area contributed by atoms with Gasteiger partial charge in [-0.25, -0.2) is 13.2 Å². The molecule has 0 N–H and O–H groups in total. The standard InChI is InChI=1S/C23H26N2O8S/c26-22(6-3-11-25-20-4-1-2-5-21(20)33-23(25)27)32-17-16-31-18-7-9-19(10-8-18)34(28,29)24-12-14-30-15-13-24/h1-2,4-5,7-10H,3,6,11-17H2. The molecule has 0 saturated carbocycles. The molecular formula is C23H26N2O8S. The van der Waals surface area contributed by atoms with Gasteiger partial charge in [-0.2, -0.15) is 4.31 Å². The predicted octanol–water partition coefficient (Wildman–Crippen LogP) is 2.02. The number of hydrogen-bond acceptors (Lipinski definition) is 8. The maximum atomic E-state index is 12.6. The third kappa shape index (κ3) is 5.66. The SMILES string of the molecule is O=C(CCCn1c(=O)oc2ccccc21)OCCOc1ccc(S(=O)(=O)N2CCOCC2)cc1. The number of aromatic nitrogens is 1. The van der Waals surface area contributed by atoms with E-state index in [1.165, 1.54) is 21.0 Å². The number of para-hydroxylation sites is 2. The molecule has 10 nitrogen and oxygen atoms in total. The molecule has 0 spiro atoms. The minimum absolute atomic E-state index is 0.0568. The van der Waals surface area contributed by atoms with Crippen LogP contribution in [-0.2, 0) is 30.8 Å². The zero-order valence-corrected chi connectivity index (χ0v) is 19.4. The van der Waals surface area contributed by atoms with Gasteiger partial charge < -0.3 is 18.6 Å². The monoisotopic (exact) mass is 490 g/mol. The molecule has 34 heavy (non-hydrogen) atoms. The molecule has 0 radical (unpaired) electrons. The Morgan fingerprint density at radius 1 is 1.00 bits per heavy atom. The summed E-state index contributed by atoms with van der Waals surface area (Å²) in [5.74, 6) is -0.369. The van der Waals surface area contributed by atoms with E-state index in [9.17, 15) is 18.0 Å². The van der Waals surface area contributed by atoms with Crippen molar-refractivity contribution in [3.63, 3.8) is 0 Å². The highest BCUT2D eigenvalue weighted by atomic mass is 32.2. The summed E-state index contributed by atoms with van der Waals surface area (Å²) < 4.78 is 49.2. The average Bonchev–Trinajstić information content (AvgIpc) is 3.18. The number of ether oxygens (including phenoxy) is 3. The van der Waals surface area contributed by atoms with Crippen LogP contribution in [0.3, 0.4) is 0 Å². The number of carbonyl (C=O) groups is 1. The third-order valence-electron chi connectivity index (χ3n) is 5.38. The average molecular weight is 491 g/mol. The molecule has 3 aromatic rings. The highest BCUT2D eigenvalue weighted by Gasteiger charge is 2.26. The normalized spacial score (nSPS) is 14.8. The van der Waals surface area contributed by atoms with Gasteiger partial charge in [-0.1, -0.05) is 12.1 Å². The summed E-state index contributed by atoms with van der Waals surface area (Å²) in [5, 5.41) is 0. The Labute approximate surface area is 196 Å². The molecule has 0 unspecified atom stereocenters. The Bertz CT molecular complexity index is 1270. The number of morpholine rings is 1. The topological polar surface area (TPSA) is 117 Å². The molecule has 0 atom stereocenters. The predicted molar refractivity (Wildman–Crippen MR) is 122 cm³/mol. The van der Waals surface area contributed by atoms with Crippen molar-refractivity contribution >= 4 is 27.1 Å². The van der Waals surface area contributed by atoms with Crippen LogP contribution in [-0.4, -0.2) is 62.8 Å². The molecule has 1 saturated heterocycles. The fourth-order valence-electron chi connectivity index (χ4n) is 3.64. The highest BCUT2D eigenvalue weighted by molar-refractivity contribution is 7.89. The number of nitrogens with zero attached hydrogens (tertiary/aromatic N) is 2. The molecule has 182 valence electrons. The van der Waals surface area contributed by atoms with Gasteiger partial charge in [0.15, 0.2) is 5.58 Å². The van der Waals surface area contributed by atoms with Gasteiger partial charge in [0.2, 0.25) is 10.0 Å². The summed E-state index contributed by atoms with van der Waals surface area (Å²) in [7, 11) is -3.55. The van der Waals surface area contributed by atoms with Gasteiger partial charge in [0.1, 0.15) is 19.0 Å². The largest absolute Gasteiger partial charge is 0.490 e. The van der Waals surface area contributed by atoms with Crippen molar-refractivity contribution in [2.75, 3.05) is 39.5 Å². The van der Waals surface area contributed by atoms with E-state index in [1.54, 1.807) is 30.3 Å². The van der Waals surface area contributed by atoms with Crippen LogP contribution in [0.5, 0.6) is 5.75 Å². The molecular weight excluding hydrogens is 464 g/mol. The van der Waals surface area contributed by atoms with Crippen molar-refractivity contribution in [1.29, 1.82) is 0 Å². The summed E-state index contributed by atoms with van der Waals surface area (Å²) in [6, 6.07) is 13.2. The minimum atomic E-state index is -3.55. The zero-order valence-electron chi connectivity index (χ0n) is 18.6. The van der Waals surface area contributed by atoms with Crippen molar-refractivity contribution < 1.29 is 31.8 Å². The number of hydrogen-bond donors (Lipinski definition) is 0.